The molecule has 2 amide bonds. The molecule has 35 heavy (non-hydrogen) atoms. The molecule has 0 aliphatic carbocycles. The van der Waals surface area contributed by atoms with Crippen molar-refractivity contribution >= 4 is 45.2 Å². The quantitative estimate of drug-likeness (QED) is 0.249. The van der Waals surface area contributed by atoms with Crippen LogP contribution in [-0.4, -0.2) is 60.6 Å². The van der Waals surface area contributed by atoms with Crippen molar-refractivity contribution < 1.29 is 27.7 Å². The van der Waals surface area contributed by atoms with Gasteiger partial charge in [-0.05, 0) is 35.9 Å². The fourth-order valence-electron chi connectivity index (χ4n) is 3.78. The Morgan fingerprint density at radius 3 is 2.46 bits per heavy atom. The summed E-state index contributed by atoms with van der Waals surface area (Å²) in [7, 11) is -2.77. The van der Waals surface area contributed by atoms with Crippen molar-refractivity contribution in [2.75, 3.05) is 20.1 Å². The zero-order chi connectivity index (χ0) is 25.3. The first-order valence-corrected chi connectivity index (χ1v) is 12.3. The van der Waals surface area contributed by atoms with Gasteiger partial charge >= 0.3 is 0 Å². The van der Waals surface area contributed by atoms with E-state index in [1.165, 1.54) is 31.3 Å². The van der Waals surface area contributed by atoms with Gasteiger partial charge in [0, 0.05) is 37.6 Å². The maximum atomic E-state index is 13.0. The SMILES string of the molecule is CN1C(=O)/C(=C\c2ccc(Cl)cc2)C(OC2=CCN(S(=O)(=O)c3ccccc3[N+](=O)[O-])CC2)C1=O. The predicted molar refractivity (Wildman–Crippen MR) is 127 cm³/mol. The first-order valence-electron chi connectivity index (χ1n) is 10.5. The molecule has 0 N–H and O–H groups in total. The smallest absolute Gasteiger partial charge is 0.289 e. The summed E-state index contributed by atoms with van der Waals surface area (Å²) in [5.41, 5.74) is 0.304. The van der Waals surface area contributed by atoms with E-state index in [0.717, 1.165) is 15.3 Å². The minimum absolute atomic E-state index is 0.0128. The molecule has 4 rings (SSSR count). The van der Waals surface area contributed by atoms with Crippen molar-refractivity contribution in [3.63, 3.8) is 0 Å². The molecule has 2 aromatic rings. The number of ether oxygens (including phenoxy) is 1. The number of sulfonamides is 1. The molecule has 1 saturated heterocycles. The number of hydrogen-bond donors (Lipinski definition) is 0. The molecule has 2 aromatic carbocycles. The first-order chi connectivity index (χ1) is 16.6. The van der Waals surface area contributed by atoms with E-state index in [1.807, 2.05) is 0 Å². The van der Waals surface area contributed by atoms with Crippen molar-refractivity contribution in [1.82, 2.24) is 9.21 Å². The largest absolute Gasteiger partial charge is 0.480 e. The fourth-order valence-corrected chi connectivity index (χ4v) is 5.44. The monoisotopic (exact) mass is 517 g/mol. The Hall–Kier alpha value is -3.54. The number of nitro groups is 1. The summed E-state index contributed by atoms with van der Waals surface area (Å²) < 4.78 is 33.0. The molecule has 10 nitrogen and oxygen atoms in total. The zero-order valence-corrected chi connectivity index (χ0v) is 20.0. The van der Waals surface area contributed by atoms with Crippen LogP contribution in [0.2, 0.25) is 5.02 Å². The highest BCUT2D eigenvalue weighted by molar-refractivity contribution is 7.89. The maximum Gasteiger partial charge on any atom is 0.289 e. The molecule has 2 aliphatic rings. The number of nitrogens with zero attached hydrogens (tertiary/aromatic N) is 3. The van der Waals surface area contributed by atoms with Gasteiger partial charge in [0.15, 0.2) is 4.90 Å². The molecule has 0 spiro atoms. The van der Waals surface area contributed by atoms with Gasteiger partial charge in [-0.15, -0.1) is 0 Å². The van der Waals surface area contributed by atoms with E-state index in [2.05, 4.69) is 0 Å². The standard InChI is InChI=1S/C23H20ClN3O7S/c1-25-22(28)18(14-15-6-8-16(24)9-7-15)21(23(25)29)34-17-10-12-26(13-11-17)35(32,33)20-5-3-2-4-19(20)27(30)31/h2-10,14,21H,11-13H2,1H3/b18-14-. The van der Waals surface area contributed by atoms with Crippen LogP contribution in [0.5, 0.6) is 0 Å². The Bertz CT molecular complexity index is 1370. The normalized spacial score (nSPS) is 20.3. The Morgan fingerprint density at radius 1 is 1.14 bits per heavy atom. The molecule has 1 unspecified atom stereocenters. The van der Waals surface area contributed by atoms with Gasteiger partial charge in [-0.1, -0.05) is 35.9 Å². The lowest BCUT2D eigenvalue weighted by molar-refractivity contribution is -0.387. The number of carbonyl (C=O) groups is 2. The molecule has 12 heteroatoms. The highest BCUT2D eigenvalue weighted by atomic mass is 35.5. The number of nitro benzene ring substituents is 1. The van der Waals surface area contributed by atoms with E-state index in [-0.39, 0.29) is 25.1 Å². The number of amides is 2. The molecular weight excluding hydrogens is 498 g/mol. The van der Waals surface area contributed by atoms with Gasteiger partial charge in [0.1, 0.15) is 0 Å². The van der Waals surface area contributed by atoms with Crippen molar-refractivity contribution in [2.24, 2.45) is 0 Å². The number of para-hydroxylation sites is 1. The highest BCUT2D eigenvalue weighted by Crippen LogP contribution is 2.31. The minimum Gasteiger partial charge on any atom is -0.480 e. The van der Waals surface area contributed by atoms with Crippen LogP contribution in [0.15, 0.2) is 70.8 Å². The molecule has 0 aromatic heterocycles. The molecule has 0 radical (unpaired) electrons. The van der Waals surface area contributed by atoms with E-state index in [0.29, 0.717) is 16.3 Å². The lowest BCUT2D eigenvalue weighted by atomic mass is 10.1. The molecule has 0 bridgehead atoms. The lowest BCUT2D eigenvalue weighted by Crippen LogP contribution is -2.36. The Morgan fingerprint density at radius 2 is 1.83 bits per heavy atom. The molecule has 182 valence electrons. The van der Waals surface area contributed by atoms with Crippen LogP contribution >= 0.6 is 11.6 Å². The summed E-state index contributed by atoms with van der Waals surface area (Å²) in [6, 6.07) is 11.9. The van der Waals surface area contributed by atoms with Gasteiger partial charge in [0.25, 0.3) is 17.5 Å². The summed E-state index contributed by atoms with van der Waals surface area (Å²) in [6.45, 7) is -0.119. The molecule has 2 heterocycles. The second-order valence-electron chi connectivity index (χ2n) is 7.86. The number of likely N-dealkylation sites (tertiary alicyclic amines) is 1. The van der Waals surface area contributed by atoms with E-state index >= 15 is 0 Å². The third-order valence-corrected chi connectivity index (χ3v) is 7.82. The van der Waals surface area contributed by atoms with Crippen LogP contribution in [0, 0.1) is 10.1 Å². The molecular formula is C23H20ClN3O7S. The first kappa shape index (κ1) is 24.6. The number of imide groups is 1. The van der Waals surface area contributed by atoms with Gasteiger partial charge in [-0.25, -0.2) is 8.42 Å². The number of halogens is 1. The molecule has 2 aliphatic heterocycles. The van der Waals surface area contributed by atoms with Crippen LogP contribution in [-0.2, 0) is 24.3 Å². The van der Waals surface area contributed by atoms with Crippen LogP contribution in [0.25, 0.3) is 6.08 Å². The Balaban J connectivity index is 1.55. The highest BCUT2D eigenvalue weighted by Gasteiger charge is 2.43. The van der Waals surface area contributed by atoms with Crippen LogP contribution in [0.4, 0.5) is 5.69 Å². The zero-order valence-electron chi connectivity index (χ0n) is 18.5. The Labute approximate surface area is 206 Å². The van der Waals surface area contributed by atoms with Crippen molar-refractivity contribution in [3.8, 4) is 0 Å². The topological polar surface area (TPSA) is 127 Å². The van der Waals surface area contributed by atoms with Crippen molar-refractivity contribution in [1.29, 1.82) is 0 Å². The average Bonchev–Trinajstić information content (AvgIpc) is 3.04. The number of likely N-dealkylation sites (N-methyl/N-ethyl adjacent to an activating group) is 1. The molecule has 1 fully saturated rings. The molecule has 1 atom stereocenters. The van der Waals surface area contributed by atoms with Gasteiger partial charge < -0.3 is 4.74 Å². The van der Waals surface area contributed by atoms with Crippen molar-refractivity contribution in [2.45, 2.75) is 17.4 Å². The van der Waals surface area contributed by atoms with Crippen LogP contribution in [0.3, 0.4) is 0 Å². The minimum atomic E-state index is -4.13. The van der Waals surface area contributed by atoms with E-state index in [9.17, 15) is 28.1 Å². The van der Waals surface area contributed by atoms with Gasteiger partial charge in [-0.3, -0.25) is 24.6 Å². The average molecular weight is 518 g/mol. The lowest BCUT2D eigenvalue weighted by Gasteiger charge is -2.26. The van der Waals surface area contributed by atoms with Gasteiger partial charge in [-0.2, -0.15) is 4.31 Å². The second-order valence-corrected chi connectivity index (χ2v) is 10.2. The summed E-state index contributed by atoms with van der Waals surface area (Å²) in [5.74, 6) is -0.680. The fraction of sp³-hybridized carbons (Fsp3) is 0.217. The number of carbonyl (C=O) groups excluding carboxylic acids is 2. The summed E-state index contributed by atoms with van der Waals surface area (Å²) in [5, 5.41) is 11.8. The Kier molecular flexibility index (Phi) is 6.75. The number of rotatable bonds is 6. The second kappa shape index (κ2) is 9.61. The number of benzene rings is 2. The maximum absolute atomic E-state index is 13.0. The van der Waals surface area contributed by atoms with Gasteiger partial charge in [0.2, 0.25) is 16.1 Å². The van der Waals surface area contributed by atoms with Crippen molar-refractivity contribution in [3.05, 3.63) is 86.6 Å². The van der Waals surface area contributed by atoms with E-state index in [4.69, 9.17) is 16.3 Å². The number of hydrogen-bond acceptors (Lipinski definition) is 7. The van der Waals surface area contributed by atoms with Crippen LogP contribution in [0.1, 0.15) is 12.0 Å². The molecule has 0 saturated carbocycles. The summed E-state index contributed by atoms with van der Waals surface area (Å²) >= 11 is 5.91. The van der Waals surface area contributed by atoms with E-state index in [1.54, 1.807) is 30.3 Å². The third kappa shape index (κ3) is 4.83. The summed E-state index contributed by atoms with van der Waals surface area (Å²) in [6.07, 6.45) is 1.99. The third-order valence-electron chi connectivity index (χ3n) is 5.66. The summed E-state index contributed by atoms with van der Waals surface area (Å²) in [4.78, 5) is 36.4. The van der Waals surface area contributed by atoms with Gasteiger partial charge in [0.05, 0.1) is 16.3 Å². The van der Waals surface area contributed by atoms with Crippen LogP contribution < -0.4 is 0 Å². The predicted octanol–water partition coefficient (Wildman–Crippen LogP) is 2.99. The van der Waals surface area contributed by atoms with E-state index < -0.39 is 43.4 Å².